The summed E-state index contributed by atoms with van der Waals surface area (Å²) in [7, 11) is 0. The topological polar surface area (TPSA) is 43.4 Å². The summed E-state index contributed by atoms with van der Waals surface area (Å²) in [5.74, 6) is 3.19. The van der Waals surface area contributed by atoms with E-state index in [0.717, 1.165) is 18.3 Å². The fourth-order valence-corrected chi connectivity index (χ4v) is 13.7. The smallest absolute Gasteiger partial charge is 0.331 e. The van der Waals surface area contributed by atoms with Gasteiger partial charge in [0.25, 0.3) is 0 Å². The van der Waals surface area contributed by atoms with Gasteiger partial charge < -0.3 is 4.74 Å². The Labute approximate surface area is 242 Å². The third-order valence-corrected chi connectivity index (χ3v) is 16.4. The van der Waals surface area contributed by atoms with E-state index in [4.69, 9.17) is 16.3 Å². The van der Waals surface area contributed by atoms with Gasteiger partial charge in [-0.2, -0.15) is 0 Å². The maximum absolute atomic E-state index is 14.3. The minimum Gasteiger partial charge on any atom is -0.447 e. The largest absolute Gasteiger partial charge is 0.447 e. The average molecular weight is 557 g/mol. The van der Waals surface area contributed by atoms with Gasteiger partial charge in [0.2, 0.25) is 0 Å². The number of fused-ring (bicyclic) bond motifs is 8. The Morgan fingerprint density at radius 3 is 1.85 bits per heavy atom. The molecule has 0 aliphatic heterocycles. The van der Waals surface area contributed by atoms with Crippen LogP contribution in [0.3, 0.4) is 0 Å². The Kier molecular flexibility index (Phi) is 5.77. The molecule has 6 bridgehead atoms. The van der Waals surface area contributed by atoms with Crippen molar-refractivity contribution in [3.63, 3.8) is 0 Å². The van der Waals surface area contributed by atoms with Crippen molar-refractivity contribution >= 4 is 23.4 Å². The minimum atomic E-state index is -1.21. The van der Waals surface area contributed by atoms with Gasteiger partial charge in [0.05, 0.1) is 5.88 Å². The molecule has 11 unspecified atom stereocenters. The van der Waals surface area contributed by atoms with Crippen LogP contribution in [0.25, 0.3) is 0 Å². The van der Waals surface area contributed by atoms with E-state index < -0.39 is 17.0 Å². The number of Topliss-reactive ketones (excluding diaryl/α,β-unsaturated/α-hetero) is 1. The van der Waals surface area contributed by atoms with Gasteiger partial charge in [0, 0.05) is 11.5 Å². The van der Waals surface area contributed by atoms with Gasteiger partial charge in [-0.1, -0.05) is 68.9 Å². The molecular weight excluding hydrogens is 504 g/mol. The lowest BCUT2D eigenvalue weighted by Crippen LogP contribution is -2.82. The van der Waals surface area contributed by atoms with E-state index in [2.05, 4.69) is 68.9 Å². The normalized spacial score (nSPS) is 53.3. The standard InChI is InChI=1S/C35H53ClO3/c1-11-28(38)39-35(27(37)19-36)18-22-17-25(31(22,6)7)34(35,10)33(9)24-15-21(30(24,4)5)16-26(33)32(8)13-12-20-14-23(32)29(20,2)3/h11,20-26H,1,12-19H2,2-10H3. The van der Waals surface area contributed by atoms with Crippen LogP contribution in [-0.2, 0) is 14.3 Å². The highest BCUT2D eigenvalue weighted by Gasteiger charge is 2.83. The first-order chi connectivity index (χ1) is 17.9. The SMILES string of the molecule is C=CC(=O)OC1(C(=O)CCl)CC2CC(C2(C)C)C1(C)C1(C)C2CC(CC1C1(C)CCC3CC1C3(C)C)C2(C)C. The number of rotatable bonds is 6. The monoisotopic (exact) mass is 556 g/mol. The summed E-state index contributed by atoms with van der Waals surface area (Å²) in [5, 5.41) is 0. The maximum Gasteiger partial charge on any atom is 0.331 e. The molecule has 0 heterocycles. The van der Waals surface area contributed by atoms with Gasteiger partial charge in [-0.05, 0) is 113 Å². The molecule has 0 saturated heterocycles. The lowest BCUT2D eigenvalue weighted by molar-refractivity contribution is -0.361. The van der Waals surface area contributed by atoms with Crippen LogP contribution in [0.5, 0.6) is 0 Å². The molecule has 4 heteroatoms. The molecule has 11 atom stereocenters. The van der Waals surface area contributed by atoms with Crippen molar-refractivity contribution in [2.45, 2.75) is 113 Å². The van der Waals surface area contributed by atoms with E-state index >= 15 is 0 Å². The van der Waals surface area contributed by atoms with E-state index in [9.17, 15) is 9.59 Å². The van der Waals surface area contributed by atoms with Gasteiger partial charge in [0.1, 0.15) is 0 Å². The molecule has 9 aliphatic carbocycles. The Bertz CT molecular complexity index is 1120. The summed E-state index contributed by atoms with van der Waals surface area (Å²) < 4.78 is 6.50. The highest BCUT2D eigenvalue weighted by molar-refractivity contribution is 6.29. The first-order valence-corrected chi connectivity index (χ1v) is 16.4. The predicted octanol–water partition coefficient (Wildman–Crippen LogP) is 8.49. The van der Waals surface area contributed by atoms with Crippen LogP contribution in [0.4, 0.5) is 0 Å². The van der Waals surface area contributed by atoms with Crippen molar-refractivity contribution in [2.24, 2.45) is 73.9 Å². The Balaban J connectivity index is 1.60. The van der Waals surface area contributed by atoms with Crippen LogP contribution in [0, 0.1) is 73.9 Å². The molecule has 0 aromatic rings. The first kappa shape index (κ1) is 28.3. The number of esters is 1. The number of alkyl halides is 1. The van der Waals surface area contributed by atoms with E-state index in [1.165, 1.54) is 38.2 Å². The zero-order valence-corrected chi connectivity index (χ0v) is 26.8. The first-order valence-electron chi connectivity index (χ1n) is 15.8. The molecule has 0 aromatic heterocycles. The van der Waals surface area contributed by atoms with Gasteiger partial charge in [-0.15, -0.1) is 11.6 Å². The molecule has 9 saturated carbocycles. The lowest BCUT2D eigenvalue weighted by atomic mass is 9.22. The summed E-state index contributed by atoms with van der Waals surface area (Å²) >= 11 is 6.46. The maximum atomic E-state index is 14.3. The van der Waals surface area contributed by atoms with Crippen molar-refractivity contribution in [3.05, 3.63) is 12.7 Å². The van der Waals surface area contributed by atoms with Gasteiger partial charge >= 0.3 is 5.97 Å². The minimum absolute atomic E-state index is 0.0934. The van der Waals surface area contributed by atoms with Crippen LogP contribution in [0.1, 0.15) is 107 Å². The fourth-order valence-electron chi connectivity index (χ4n) is 13.5. The number of carbonyl (C=O) groups is 2. The highest BCUT2D eigenvalue weighted by atomic mass is 35.5. The zero-order valence-electron chi connectivity index (χ0n) is 26.1. The number of ketones is 1. The molecule has 0 radical (unpaired) electrons. The van der Waals surface area contributed by atoms with Crippen molar-refractivity contribution in [1.82, 2.24) is 0 Å². The van der Waals surface area contributed by atoms with Crippen LogP contribution in [0.15, 0.2) is 12.7 Å². The van der Waals surface area contributed by atoms with Crippen molar-refractivity contribution in [3.8, 4) is 0 Å². The molecule has 39 heavy (non-hydrogen) atoms. The summed E-state index contributed by atoms with van der Waals surface area (Å²) in [5.41, 5.74) is -1.01. The molecule has 3 nitrogen and oxygen atoms in total. The summed E-state index contributed by atoms with van der Waals surface area (Å²) in [4.78, 5) is 27.4. The van der Waals surface area contributed by atoms with E-state index in [1.54, 1.807) is 0 Å². The second-order valence-electron chi connectivity index (χ2n) is 17.5. The summed E-state index contributed by atoms with van der Waals surface area (Å²) in [6.07, 6.45) is 9.33. The third-order valence-electron chi connectivity index (χ3n) is 16.2. The summed E-state index contributed by atoms with van der Waals surface area (Å²) in [6.45, 7) is 26.1. The van der Waals surface area contributed by atoms with E-state index in [1.807, 2.05) is 0 Å². The number of hydrogen-bond donors (Lipinski definition) is 0. The quantitative estimate of drug-likeness (QED) is 0.187. The van der Waals surface area contributed by atoms with Crippen LogP contribution < -0.4 is 0 Å². The van der Waals surface area contributed by atoms with Crippen LogP contribution in [-0.4, -0.2) is 23.2 Å². The molecule has 9 fully saturated rings. The zero-order chi connectivity index (χ0) is 28.8. The number of hydrogen-bond acceptors (Lipinski definition) is 3. The Morgan fingerprint density at radius 2 is 1.33 bits per heavy atom. The highest BCUT2D eigenvalue weighted by Crippen LogP contribution is 2.85. The van der Waals surface area contributed by atoms with E-state index in [0.29, 0.717) is 41.4 Å². The van der Waals surface area contributed by atoms with Crippen molar-refractivity contribution in [1.29, 1.82) is 0 Å². The fraction of sp³-hybridized carbons (Fsp3) is 0.886. The number of carbonyl (C=O) groups excluding carboxylic acids is 2. The van der Waals surface area contributed by atoms with E-state index in [-0.39, 0.29) is 33.3 Å². The molecular formula is C35H53ClO3. The Morgan fingerprint density at radius 1 is 0.795 bits per heavy atom. The Hall–Kier alpha value is -0.830. The van der Waals surface area contributed by atoms with Gasteiger partial charge in [0.15, 0.2) is 11.4 Å². The number of ether oxygens (including phenoxy) is 1. The molecule has 0 amide bonds. The van der Waals surface area contributed by atoms with Crippen molar-refractivity contribution < 1.29 is 14.3 Å². The lowest BCUT2D eigenvalue weighted by Gasteiger charge is -2.82. The number of halogens is 1. The predicted molar refractivity (Wildman–Crippen MR) is 157 cm³/mol. The van der Waals surface area contributed by atoms with Crippen LogP contribution in [0.2, 0.25) is 0 Å². The third kappa shape index (κ3) is 2.93. The second kappa shape index (κ2) is 7.96. The average Bonchev–Trinajstić information content (AvgIpc) is 2.87. The van der Waals surface area contributed by atoms with Crippen molar-refractivity contribution in [2.75, 3.05) is 5.88 Å². The second-order valence-corrected chi connectivity index (χ2v) is 17.7. The molecule has 0 aromatic carbocycles. The van der Waals surface area contributed by atoms with Gasteiger partial charge in [-0.25, -0.2) is 4.79 Å². The molecule has 9 rings (SSSR count). The molecule has 0 N–H and O–H groups in total. The van der Waals surface area contributed by atoms with Crippen LogP contribution >= 0.6 is 11.6 Å². The molecule has 0 spiro atoms. The molecule has 218 valence electrons. The summed E-state index contributed by atoms with van der Waals surface area (Å²) in [6, 6.07) is 0. The molecule has 9 aliphatic rings. The van der Waals surface area contributed by atoms with Gasteiger partial charge in [-0.3, -0.25) is 4.79 Å².